The summed E-state index contributed by atoms with van der Waals surface area (Å²) in [5.74, 6) is 1.04. The van der Waals surface area contributed by atoms with Crippen molar-refractivity contribution in [1.82, 2.24) is 0 Å². The number of nitrogens with zero attached hydrogens (tertiary/aromatic N) is 1. The zero-order valence-electron chi connectivity index (χ0n) is 15.1. The Balaban J connectivity index is 1.58. The van der Waals surface area contributed by atoms with Crippen LogP contribution in [0.15, 0.2) is 94.4 Å². The molecular formula is C24H22BrNO. The maximum absolute atomic E-state index is 6.09. The first-order valence-electron chi connectivity index (χ1n) is 9.35. The maximum Gasteiger partial charge on any atom is 0.191 e. The van der Waals surface area contributed by atoms with Crippen molar-refractivity contribution >= 4 is 21.8 Å². The molecule has 0 N–H and O–H groups in total. The molecule has 0 radical (unpaired) electrons. The van der Waals surface area contributed by atoms with Gasteiger partial charge in [-0.05, 0) is 35.6 Å². The van der Waals surface area contributed by atoms with Crippen molar-refractivity contribution in [3.8, 4) is 0 Å². The average molecular weight is 420 g/mol. The van der Waals surface area contributed by atoms with Crippen molar-refractivity contribution in [2.45, 2.75) is 24.8 Å². The van der Waals surface area contributed by atoms with E-state index in [0.29, 0.717) is 6.61 Å². The van der Waals surface area contributed by atoms with Crippen LogP contribution >= 0.6 is 15.9 Å². The van der Waals surface area contributed by atoms with Crippen LogP contribution in [-0.4, -0.2) is 12.5 Å². The first-order chi connectivity index (χ1) is 13.3. The molecule has 27 heavy (non-hydrogen) atoms. The lowest BCUT2D eigenvalue weighted by Crippen LogP contribution is -2.14. The number of benzene rings is 3. The fourth-order valence-electron chi connectivity index (χ4n) is 3.55. The van der Waals surface area contributed by atoms with E-state index < -0.39 is 0 Å². The Hall–Kier alpha value is -2.39. The van der Waals surface area contributed by atoms with Crippen molar-refractivity contribution in [1.29, 1.82) is 0 Å². The highest BCUT2D eigenvalue weighted by atomic mass is 79.9. The van der Waals surface area contributed by atoms with Crippen LogP contribution in [0.3, 0.4) is 0 Å². The largest absolute Gasteiger partial charge is 0.478 e. The molecule has 1 aliphatic heterocycles. The smallest absolute Gasteiger partial charge is 0.191 e. The Morgan fingerprint density at radius 3 is 2.30 bits per heavy atom. The summed E-state index contributed by atoms with van der Waals surface area (Å²) in [7, 11) is 0. The van der Waals surface area contributed by atoms with Crippen LogP contribution in [0.25, 0.3) is 0 Å². The van der Waals surface area contributed by atoms with E-state index in [-0.39, 0.29) is 12.0 Å². The molecule has 3 aromatic rings. The average Bonchev–Trinajstić information content (AvgIpc) is 3.21. The van der Waals surface area contributed by atoms with Crippen molar-refractivity contribution < 1.29 is 4.74 Å². The van der Waals surface area contributed by atoms with Gasteiger partial charge in [-0.2, -0.15) is 0 Å². The molecule has 1 heterocycles. The van der Waals surface area contributed by atoms with Gasteiger partial charge in [0.25, 0.3) is 0 Å². The second-order valence-electron chi connectivity index (χ2n) is 6.80. The van der Waals surface area contributed by atoms with E-state index >= 15 is 0 Å². The summed E-state index contributed by atoms with van der Waals surface area (Å²) in [6, 6.07) is 29.5. The minimum absolute atomic E-state index is 0.0934. The maximum atomic E-state index is 6.09. The molecule has 4 rings (SSSR count). The Morgan fingerprint density at radius 2 is 1.56 bits per heavy atom. The van der Waals surface area contributed by atoms with E-state index in [4.69, 9.17) is 9.73 Å². The van der Waals surface area contributed by atoms with E-state index in [2.05, 4.69) is 94.8 Å². The van der Waals surface area contributed by atoms with E-state index in [1.54, 1.807) is 0 Å². The zero-order chi connectivity index (χ0) is 18.5. The Morgan fingerprint density at radius 1 is 0.889 bits per heavy atom. The molecule has 0 aromatic heterocycles. The third-order valence-corrected chi connectivity index (χ3v) is 5.79. The van der Waals surface area contributed by atoms with Crippen molar-refractivity contribution in [3.63, 3.8) is 0 Å². The van der Waals surface area contributed by atoms with Gasteiger partial charge in [0.2, 0.25) is 0 Å². The summed E-state index contributed by atoms with van der Waals surface area (Å²) < 4.78 is 7.25. The molecule has 2 atom stereocenters. The molecule has 0 fully saturated rings. The minimum atomic E-state index is 0.0934. The zero-order valence-corrected chi connectivity index (χ0v) is 16.7. The first kappa shape index (κ1) is 18.0. The third kappa shape index (κ3) is 4.30. The first-order valence-corrected chi connectivity index (χ1v) is 10.1. The van der Waals surface area contributed by atoms with Gasteiger partial charge >= 0.3 is 0 Å². The molecule has 0 spiro atoms. The van der Waals surface area contributed by atoms with Crippen molar-refractivity contribution in [3.05, 3.63) is 106 Å². The standard InChI is InChI=1S/C24H22BrNO/c25-22-14-8-7-11-19(22)15-16-21(18-9-3-1-4-10-18)24-26-23(17-27-24)20-12-5-2-6-13-20/h1-14,21,23H,15-17H2/t21?,23-/m1/s1. The lowest BCUT2D eigenvalue weighted by molar-refractivity contribution is 0.305. The number of rotatable bonds is 6. The molecule has 0 saturated carbocycles. The van der Waals surface area contributed by atoms with Crippen LogP contribution < -0.4 is 0 Å². The van der Waals surface area contributed by atoms with Crippen LogP contribution in [0.5, 0.6) is 0 Å². The lowest BCUT2D eigenvalue weighted by Gasteiger charge is -2.17. The Kier molecular flexibility index (Phi) is 5.69. The van der Waals surface area contributed by atoms with Gasteiger partial charge < -0.3 is 4.74 Å². The molecule has 0 bridgehead atoms. The van der Waals surface area contributed by atoms with E-state index in [0.717, 1.165) is 23.2 Å². The Labute approximate surface area is 169 Å². The molecule has 3 heteroatoms. The predicted molar refractivity (Wildman–Crippen MR) is 114 cm³/mol. The van der Waals surface area contributed by atoms with Crippen LogP contribution in [0.2, 0.25) is 0 Å². The SMILES string of the molecule is Brc1ccccc1CCC(C1=N[C@@H](c2ccccc2)CO1)c1ccccc1. The normalized spacial score (nSPS) is 17.2. The second-order valence-corrected chi connectivity index (χ2v) is 7.65. The summed E-state index contributed by atoms with van der Waals surface area (Å²) in [6.45, 7) is 0.623. The highest BCUT2D eigenvalue weighted by Gasteiger charge is 2.28. The van der Waals surface area contributed by atoms with Gasteiger partial charge in [-0.25, -0.2) is 4.99 Å². The molecule has 1 unspecified atom stereocenters. The quantitative estimate of drug-likeness (QED) is 0.456. The molecular weight excluding hydrogens is 398 g/mol. The van der Waals surface area contributed by atoms with Gasteiger partial charge in [0.1, 0.15) is 12.6 Å². The van der Waals surface area contributed by atoms with Crippen LogP contribution in [0.4, 0.5) is 0 Å². The van der Waals surface area contributed by atoms with E-state index in [1.165, 1.54) is 16.7 Å². The van der Waals surface area contributed by atoms with Gasteiger partial charge in [-0.3, -0.25) is 0 Å². The van der Waals surface area contributed by atoms with Crippen LogP contribution in [-0.2, 0) is 11.2 Å². The molecule has 3 aromatic carbocycles. The summed E-state index contributed by atoms with van der Waals surface area (Å²) in [5.41, 5.74) is 3.79. The highest BCUT2D eigenvalue weighted by molar-refractivity contribution is 9.10. The number of aliphatic imine (C=N–C) groups is 1. The number of halogens is 1. The fraction of sp³-hybridized carbons (Fsp3) is 0.208. The topological polar surface area (TPSA) is 21.6 Å². The van der Waals surface area contributed by atoms with Gasteiger partial charge in [-0.15, -0.1) is 0 Å². The van der Waals surface area contributed by atoms with Crippen LogP contribution in [0, 0.1) is 0 Å². The summed E-state index contributed by atoms with van der Waals surface area (Å²) in [5, 5.41) is 0. The number of ether oxygens (including phenoxy) is 1. The van der Waals surface area contributed by atoms with Gasteiger partial charge in [0.05, 0.1) is 5.92 Å². The highest BCUT2D eigenvalue weighted by Crippen LogP contribution is 2.32. The Bertz CT molecular complexity index is 908. The molecule has 0 aliphatic carbocycles. The van der Waals surface area contributed by atoms with E-state index in [9.17, 15) is 0 Å². The third-order valence-electron chi connectivity index (χ3n) is 5.02. The van der Waals surface area contributed by atoms with E-state index in [1.807, 2.05) is 6.07 Å². The monoisotopic (exact) mass is 419 g/mol. The number of aryl methyl sites for hydroxylation is 1. The summed E-state index contributed by atoms with van der Waals surface area (Å²) >= 11 is 3.66. The number of hydrogen-bond donors (Lipinski definition) is 0. The molecule has 2 nitrogen and oxygen atoms in total. The van der Waals surface area contributed by atoms with Gasteiger partial charge in [0.15, 0.2) is 5.90 Å². The van der Waals surface area contributed by atoms with Gasteiger partial charge in [-0.1, -0.05) is 94.8 Å². The number of hydrogen-bond acceptors (Lipinski definition) is 2. The predicted octanol–water partition coefficient (Wildman–Crippen LogP) is 6.34. The molecule has 1 aliphatic rings. The minimum Gasteiger partial charge on any atom is -0.478 e. The summed E-state index contributed by atoms with van der Waals surface area (Å²) in [6.07, 6.45) is 1.94. The fourth-order valence-corrected chi connectivity index (χ4v) is 4.03. The van der Waals surface area contributed by atoms with Crippen molar-refractivity contribution in [2.24, 2.45) is 4.99 Å². The molecule has 136 valence electrons. The second kappa shape index (κ2) is 8.53. The van der Waals surface area contributed by atoms with Crippen molar-refractivity contribution in [2.75, 3.05) is 6.61 Å². The lowest BCUT2D eigenvalue weighted by atomic mass is 9.92. The van der Waals surface area contributed by atoms with Crippen LogP contribution in [0.1, 0.15) is 35.1 Å². The molecule has 0 saturated heterocycles. The molecule has 0 amide bonds. The van der Waals surface area contributed by atoms with Gasteiger partial charge in [0, 0.05) is 4.47 Å². The summed E-state index contributed by atoms with van der Waals surface area (Å²) in [4.78, 5) is 4.95.